The van der Waals surface area contributed by atoms with Crippen LogP contribution in [0.15, 0.2) is 60.9 Å². The van der Waals surface area contributed by atoms with Gasteiger partial charge in [0.2, 0.25) is 0 Å². The van der Waals surface area contributed by atoms with Crippen LogP contribution in [0.2, 0.25) is 0 Å². The summed E-state index contributed by atoms with van der Waals surface area (Å²) in [6.07, 6.45) is 3.06. The summed E-state index contributed by atoms with van der Waals surface area (Å²) in [5, 5.41) is 10.8. The van der Waals surface area contributed by atoms with Crippen molar-refractivity contribution in [1.82, 2.24) is 14.9 Å². The molecule has 0 N–H and O–H groups in total. The van der Waals surface area contributed by atoms with E-state index in [2.05, 4.69) is 19.8 Å². The summed E-state index contributed by atoms with van der Waals surface area (Å²) in [5.41, 5.74) is 1.16. The molecule has 1 fully saturated rings. The normalized spacial score (nSPS) is 17.9. The van der Waals surface area contributed by atoms with Gasteiger partial charge in [-0.05, 0) is 17.7 Å². The van der Waals surface area contributed by atoms with Crippen molar-refractivity contribution < 1.29 is 19.1 Å². The summed E-state index contributed by atoms with van der Waals surface area (Å²) in [7, 11) is 0. The van der Waals surface area contributed by atoms with Crippen LogP contribution in [-0.4, -0.2) is 65.3 Å². The number of aromatic nitrogens is 2. The molecule has 176 valence electrons. The number of nitro groups is 1. The van der Waals surface area contributed by atoms with Crippen molar-refractivity contribution in [3.63, 3.8) is 0 Å². The number of ether oxygens (including phenoxy) is 3. The van der Waals surface area contributed by atoms with E-state index in [4.69, 9.17) is 14.2 Å². The molecular formula is C24H25N5O5. The van der Waals surface area contributed by atoms with E-state index < -0.39 is 0 Å². The summed E-state index contributed by atoms with van der Waals surface area (Å²) in [4.78, 5) is 23.9. The van der Waals surface area contributed by atoms with Crippen molar-refractivity contribution in [3.05, 3.63) is 76.6 Å². The highest BCUT2D eigenvalue weighted by Crippen LogP contribution is 2.31. The zero-order valence-corrected chi connectivity index (χ0v) is 18.6. The smallest absolute Gasteiger partial charge is 0.269 e. The Balaban J connectivity index is 1.15. The van der Waals surface area contributed by atoms with Gasteiger partial charge in [0.25, 0.3) is 11.6 Å². The van der Waals surface area contributed by atoms with E-state index in [9.17, 15) is 10.1 Å². The van der Waals surface area contributed by atoms with Gasteiger partial charge in [0.15, 0.2) is 23.4 Å². The van der Waals surface area contributed by atoms with Crippen LogP contribution in [0, 0.1) is 10.1 Å². The minimum atomic E-state index is -0.380. The fraction of sp³-hybridized carbons (Fsp3) is 0.333. The van der Waals surface area contributed by atoms with Crippen molar-refractivity contribution >= 4 is 11.5 Å². The van der Waals surface area contributed by atoms with Crippen LogP contribution < -0.4 is 19.1 Å². The Kier molecular flexibility index (Phi) is 6.39. The van der Waals surface area contributed by atoms with Gasteiger partial charge in [-0.3, -0.25) is 15.0 Å². The lowest BCUT2D eigenvalue weighted by atomic mass is 10.2. The van der Waals surface area contributed by atoms with Gasteiger partial charge in [0.1, 0.15) is 13.2 Å². The van der Waals surface area contributed by atoms with Crippen LogP contribution in [0.25, 0.3) is 0 Å². The molecule has 10 nitrogen and oxygen atoms in total. The van der Waals surface area contributed by atoms with Crippen molar-refractivity contribution in [2.24, 2.45) is 0 Å². The van der Waals surface area contributed by atoms with Gasteiger partial charge in [-0.25, -0.2) is 9.97 Å². The van der Waals surface area contributed by atoms with Crippen molar-refractivity contribution in [1.29, 1.82) is 0 Å². The highest BCUT2D eigenvalue weighted by atomic mass is 16.6. The SMILES string of the molecule is O=[N+]([O-])c1ccc(CN2CCN(c3nccnc3OCC3COc4ccccc4O3)CC2)cc1. The van der Waals surface area contributed by atoms with Gasteiger partial charge >= 0.3 is 0 Å². The number of piperazine rings is 1. The topological polar surface area (TPSA) is 103 Å². The van der Waals surface area contributed by atoms with Crippen LogP contribution in [0.5, 0.6) is 17.4 Å². The maximum atomic E-state index is 10.8. The minimum absolute atomic E-state index is 0.109. The third kappa shape index (κ3) is 5.01. The molecule has 1 unspecified atom stereocenters. The second-order valence-corrected chi connectivity index (χ2v) is 8.18. The van der Waals surface area contributed by atoms with Crippen LogP contribution >= 0.6 is 0 Å². The van der Waals surface area contributed by atoms with Crippen LogP contribution in [-0.2, 0) is 6.54 Å². The molecule has 0 bridgehead atoms. The predicted molar refractivity (Wildman–Crippen MR) is 124 cm³/mol. The lowest BCUT2D eigenvalue weighted by molar-refractivity contribution is -0.384. The average Bonchev–Trinajstić information content (AvgIpc) is 2.88. The van der Waals surface area contributed by atoms with Crippen LogP contribution in [0.4, 0.5) is 11.5 Å². The first-order chi connectivity index (χ1) is 16.7. The van der Waals surface area contributed by atoms with Crippen LogP contribution in [0.3, 0.4) is 0 Å². The molecule has 5 rings (SSSR count). The van der Waals surface area contributed by atoms with E-state index in [0.717, 1.165) is 49.9 Å². The first-order valence-electron chi connectivity index (χ1n) is 11.2. The predicted octanol–water partition coefficient (Wildman–Crippen LogP) is 2.93. The molecule has 0 saturated carbocycles. The Morgan fingerprint density at radius 1 is 1.00 bits per heavy atom. The quantitative estimate of drug-likeness (QED) is 0.386. The maximum absolute atomic E-state index is 10.8. The van der Waals surface area contributed by atoms with E-state index in [-0.39, 0.29) is 16.7 Å². The molecule has 2 aliphatic rings. The van der Waals surface area contributed by atoms with Gasteiger partial charge in [0, 0.05) is 57.3 Å². The molecule has 1 saturated heterocycles. The molecular weight excluding hydrogens is 438 g/mol. The van der Waals surface area contributed by atoms with E-state index >= 15 is 0 Å². The van der Waals surface area contributed by atoms with Crippen molar-refractivity contribution in [3.8, 4) is 17.4 Å². The number of non-ortho nitro benzene ring substituents is 1. The molecule has 0 aliphatic carbocycles. The number of hydrogen-bond donors (Lipinski definition) is 0. The molecule has 0 radical (unpaired) electrons. The van der Waals surface area contributed by atoms with E-state index in [1.807, 2.05) is 36.4 Å². The number of benzene rings is 2. The van der Waals surface area contributed by atoms with Gasteiger partial charge in [-0.1, -0.05) is 24.3 Å². The Morgan fingerprint density at radius 3 is 2.50 bits per heavy atom. The molecule has 3 aromatic rings. The Morgan fingerprint density at radius 2 is 1.74 bits per heavy atom. The Bertz CT molecular complexity index is 1130. The summed E-state index contributed by atoms with van der Waals surface area (Å²) in [5.74, 6) is 2.65. The Labute approximate surface area is 196 Å². The fourth-order valence-corrected chi connectivity index (χ4v) is 4.05. The number of nitrogens with zero attached hydrogens (tertiary/aromatic N) is 5. The largest absolute Gasteiger partial charge is 0.486 e. The molecule has 2 aliphatic heterocycles. The lowest BCUT2D eigenvalue weighted by Gasteiger charge is -2.35. The number of rotatable bonds is 7. The third-order valence-corrected chi connectivity index (χ3v) is 5.85. The second-order valence-electron chi connectivity index (χ2n) is 8.18. The zero-order valence-electron chi connectivity index (χ0n) is 18.6. The number of nitro benzene ring substituents is 1. The summed E-state index contributed by atoms with van der Waals surface area (Å²) >= 11 is 0. The molecule has 2 aromatic carbocycles. The van der Waals surface area contributed by atoms with Gasteiger partial charge in [-0.2, -0.15) is 0 Å². The van der Waals surface area contributed by atoms with Gasteiger partial charge in [-0.15, -0.1) is 0 Å². The average molecular weight is 463 g/mol. The number of fused-ring (bicyclic) bond motifs is 1. The number of para-hydroxylation sites is 2. The lowest BCUT2D eigenvalue weighted by Crippen LogP contribution is -2.46. The number of hydrogen-bond acceptors (Lipinski definition) is 9. The standard InChI is InChI=1S/C24H25N5O5/c30-29(31)19-7-5-18(6-8-19)15-27-11-13-28(14-12-27)23-24(26-10-9-25-23)33-17-20-16-32-21-3-1-2-4-22(21)34-20/h1-10,20H,11-17H2. The molecule has 0 spiro atoms. The highest BCUT2D eigenvalue weighted by Gasteiger charge is 2.25. The van der Waals surface area contributed by atoms with E-state index in [1.165, 1.54) is 0 Å². The van der Waals surface area contributed by atoms with Gasteiger partial charge < -0.3 is 19.1 Å². The first-order valence-corrected chi connectivity index (χ1v) is 11.2. The monoisotopic (exact) mass is 463 g/mol. The van der Waals surface area contributed by atoms with Gasteiger partial charge in [0.05, 0.1) is 4.92 Å². The Hall–Kier alpha value is -3.92. The third-order valence-electron chi connectivity index (χ3n) is 5.85. The highest BCUT2D eigenvalue weighted by molar-refractivity contribution is 5.48. The summed E-state index contributed by atoms with van der Waals surface area (Å²) in [6.45, 7) is 4.69. The van der Waals surface area contributed by atoms with E-state index in [1.54, 1.807) is 24.5 Å². The molecule has 1 atom stereocenters. The van der Waals surface area contributed by atoms with Crippen LogP contribution in [0.1, 0.15) is 5.56 Å². The maximum Gasteiger partial charge on any atom is 0.269 e. The van der Waals surface area contributed by atoms with E-state index in [0.29, 0.717) is 24.8 Å². The minimum Gasteiger partial charge on any atom is -0.486 e. The molecule has 3 heterocycles. The fourth-order valence-electron chi connectivity index (χ4n) is 4.05. The zero-order chi connectivity index (χ0) is 23.3. The molecule has 1 aromatic heterocycles. The summed E-state index contributed by atoms with van der Waals surface area (Å²) in [6, 6.07) is 14.3. The molecule has 34 heavy (non-hydrogen) atoms. The molecule has 10 heteroatoms. The second kappa shape index (κ2) is 9.92. The number of anilines is 1. The first kappa shape index (κ1) is 21.9. The van der Waals surface area contributed by atoms with Crippen molar-refractivity contribution in [2.75, 3.05) is 44.3 Å². The molecule has 0 amide bonds. The summed E-state index contributed by atoms with van der Waals surface area (Å²) < 4.78 is 17.7. The van der Waals surface area contributed by atoms with Crippen molar-refractivity contribution in [2.45, 2.75) is 12.6 Å².